The molecular formula is C19H32O3. The van der Waals surface area contributed by atoms with E-state index in [-0.39, 0.29) is 22.9 Å². The molecule has 0 heterocycles. The first-order chi connectivity index (χ1) is 10.4. The van der Waals surface area contributed by atoms with Gasteiger partial charge in [-0.25, -0.2) is 0 Å². The minimum absolute atomic E-state index is 0.109. The van der Waals surface area contributed by atoms with Crippen LogP contribution in [-0.2, 0) is 0 Å². The molecule has 0 bridgehead atoms. The summed E-state index contributed by atoms with van der Waals surface area (Å²) in [5.41, 5.74) is 0.327. The topological polar surface area (TPSA) is 60.7 Å². The molecule has 3 nitrogen and oxygen atoms in total. The Morgan fingerprint density at radius 1 is 0.682 bits per heavy atom. The van der Waals surface area contributed by atoms with E-state index in [9.17, 15) is 15.3 Å². The van der Waals surface area contributed by atoms with Crippen molar-refractivity contribution in [2.75, 3.05) is 0 Å². The molecule has 0 aromatic heterocycles. The highest BCUT2D eigenvalue weighted by Gasteiger charge is 2.61. The third-order valence-electron chi connectivity index (χ3n) is 8.68. The van der Waals surface area contributed by atoms with Crippen LogP contribution in [0.5, 0.6) is 0 Å². The number of hydrogen-bond donors (Lipinski definition) is 3. The molecule has 3 N–H and O–H groups in total. The van der Waals surface area contributed by atoms with Crippen LogP contribution in [0.15, 0.2) is 0 Å². The molecule has 22 heavy (non-hydrogen) atoms. The minimum Gasteiger partial charge on any atom is -0.393 e. The molecule has 3 heteroatoms. The van der Waals surface area contributed by atoms with Crippen LogP contribution in [0, 0.1) is 34.5 Å². The predicted octanol–water partition coefficient (Wildman–Crippen LogP) is 2.72. The van der Waals surface area contributed by atoms with E-state index in [1.165, 1.54) is 19.3 Å². The Bertz CT molecular complexity index is 452. The SMILES string of the molecule is C[C@]12CC[C@H]3[C@@H](CCC4[C@@H](O)[C@H](O)CC[C@@]43C)[C@@H]1CC[C@@H]2O. The normalized spacial score (nSPS) is 61.2. The average Bonchev–Trinajstić information content (AvgIpc) is 2.79. The molecular weight excluding hydrogens is 276 g/mol. The van der Waals surface area contributed by atoms with Crippen LogP contribution < -0.4 is 0 Å². The first kappa shape index (κ1) is 15.4. The van der Waals surface area contributed by atoms with Crippen molar-refractivity contribution in [2.24, 2.45) is 34.5 Å². The fourth-order valence-electron chi connectivity index (χ4n) is 7.29. The summed E-state index contributed by atoms with van der Waals surface area (Å²) in [6.07, 6.45) is 7.40. The molecule has 4 aliphatic carbocycles. The summed E-state index contributed by atoms with van der Waals surface area (Å²) in [4.78, 5) is 0. The van der Waals surface area contributed by atoms with Crippen LogP contribution in [0.4, 0.5) is 0 Å². The Hall–Kier alpha value is -0.120. The lowest BCUT2D eigenvalue weighted by molar-refractivity contribution is -0.176. The molecule has 0 amide bonds. The molecule has 0 spiro atoms. The van der Waals surface area contributed by atoms with Gasteiger partial charge in [0.1, 0.15) is 0 Å². The Morgan fingerprint density at radius 3 is 2.09 bits per heavy atom. The highest BCUT2D eigenvalue weighted by Crippen LogP contribution is 2.66. The smallest absolute Gasteiger partial charge is 0.0832 e. The second kappa shape index (κ2) is 4.94. The molecule has 4 saturated carbocycles. The second-order valence-corrected chi connectivity index (χ2v) is 9.30. The summed E-state index contributed by atoms with van der Waals surface area (Å²) in [5, 5.41) is 31.1. The minimum atomic E-state index is -0.526. The van der Waals surface area contributed by atoms with E-state index in [1.54, 1.807) is 0 Å². The number of fused-ring (bicyclic) bond motifs is 5. The van der Waals surface area contributed by atoms with Gasteiger partial charge in [-0.15, -0.1) is 0 Å². The molecule has 9 atom stereocenters. The third-order valence-corrected chi connectivity index (χ3v) is 8.68. The molecule has 0 aliphatic heterocycles. The fourth-order valence-corrected chi connectivity index (χ4v) is 7.29. The zero-order valence-corrected chi connectivity index (χ0v) is 14.0. The highest BCUT2D eigenvalue weighted by molar-refractivity contribution is 5.10. The van der Waals surface area contributed by atoms with Crippen molar-refractivity contribution in [1.82, 2.24) is 0 Å². The maximum atomic E-state index is 10.5. The number of aliphatic hydroxyl groups excluding tert-OH is 3. The summed E-state index contributed by atoms with van der Waals surface area (Å²) in [5.74, 6) is 2.34. The Kier molecular flexibility index (Phi) is 3.46. The third kappa shape index (κ3) is 1.85. The molecule has 4 fully saturated rings. The van der Waals surface area contributed by atoms with E-state index in [4.69, 9.17) is 0 Å². The molecule has 0 aromatic rings. The van der Waals surface area contributed by atoms with Gasteiger partial charge in [0, 0.05) is 0 Å². The van der Waals surface area contributed by atoms with Gasteiger partial charge in [-0.2, -0.15) is 0 Å². The lowest BCUT2D eigenvalue weighted by Crippen LogP contribution is -2.58. The van der Waals surface area contributed by atoms with Crippen molar-refractivity contribution in [1.29, 1.82) is 0 Å². The molecule has 1 unspecified atom stereocenters. The number of aliphatic hydroxyl groups is 3. The van der Waals surface area contributed by atoms with Gasteiger partial charge in [-0.1, -0.05) is 13.8 Å². The maximum Gasteiger partial charge on any atom is 0.0832 e. The number of hydrogen-bond acceptors (Lipinski definition) is 3. The zero-order chi connectivity index (χ0) is 15.7. The summed E-state index contributed by atoms with van der Waals surface area (Å²) in [6, 6.07) is 0. The van der Waals surface area contributed by atoms with E-state index < -0.39 is 12.2 Å². The Labute approximate surface area is 134 Å². The molecule has 4 aliphatic rings. The standard InChI is InChI=1S/C19H32O3/c1-18-10-8-15(20)17(22)14(18)4-3-11-12-5-6-16(21)19(12,2)9-7-13(11)18/h11-17,20-22H,3-10H2,1-2H3/t11-,12-,13-,14?,15+,16-,17+,18+,19-/m0/s1. The molecule has 126 valence electrons. The predicted molar refractivity (Wildman–Crippen MR) is 85.1 cm³/mol. The largest absolute Gasteiger partial charge is 0.393 e. The molecule has 0 saturated heterocycles. The Morgan fingerprint density at radius 2 is 1.32 bits per heavy atom. The van der Waals surface area contributed by atoms with Gasteiger partial charge < -0.3 is 15.3 Å². The van der Waals surface area contributed by atoms with Crippen LogP contribution in [0.3, 0.4) is 0 Å². The first-order valence-corrected chi connectivity index (χ1v) is 9.42. The lowest BCUT2D eigenvalue weighted by atomic mass is 9.44. The Balaban J connectivity index is 1.64. The van der Waals surface area contributed by atoms with E-state index >= 15 is 0 Å². The lowest BCUT2D eigenvalue weighted by Gasteiger charge is -2.61. The van der Waals surface area contributed by atoms with Gasteiger partial charge in [0.25, 0.3) is 0 Å². The number of rotatable bonds is 0. The van der Waals surface area contributed by atoms with E-state index in [0.29, 0.717) is 11.8 Å². The molecule has 0 aromatic carbocycles. The highest BCUT2D eigenvalue weighted by atomic mass is 16.3. The van der Waals surface area contributed by atoms with E-state index in [0.717, 1.165) is 38.0 Å². The van der Waals surface area contributed by atoms with Gasteiger partial charge >= 0.3 is 0 Å². The van der Waals surface area contributed by atoms with Crippen molar-refractivity contribution >= 4 is 0 Å². The van der Waals surface area contributed by atoms with Crippen molar-refractivity contribution in [3.05, 3.63) is 0 Å². The van der Waals surface area contributed by atoms with Gasteiger partial charge in [0.15, 0.2) is 0 Å². The zero-order valence-electron chi connectivity index (χ0n) is 14.0. The van der Waals surface area contributed by atoms with Crippen molar-refractivity contribution in [2.45, 2.75) is 83.5 Å². The summed E-state index contributed by atoms with van der Waals surface area (Å²) < 4.78 is 0. The van der Waals surface area contributed by atoms with E-state index in [1.807, 2.05) is 0 Å². The molecule has 0 radical (unpaired) electrons. The summed E-state index contributed by atoms with van der Waals surface area (Å²) in [6.45, 7) is 4.71. The first-order valence-electron chi connectivity index (χ1n) is 9.42. The summed E-state index contributed by atoms with van der Waals surface area (Å²) >= 11 is 0. The second-order valence-electron chi connectivity index (χ2n) is 9.30. The van der Waals surface area contributed by atoms with Gasteiger partial charge in [-0.3, -0.25) is 0 Å². The van der Waals surface area contributed by atoms with Gasteiger partial charge in [0.2, 0.25) is 0 Å². The average molecular weight is 308 g/mol. The molecule has 4 rings (SSSR count). The van der Waals surface area contributed by atoms with Gasteiger partial charge in [-0.05, 0) is 85.9 Å². The van der Waals surface area contributed by atoms with Crippen molar-refractivity contribution in [3.63, 3.8) is 0 Å². The van der Waals surface area contributed by atoms with Gasteiger partial charge in [0.05, 0.1) is 18.3 Å². The quantitative estimate of drug-likeness (QED) is 0.645. The fraction of sp³-hybridized carbons (Fsp3) is 1.00. The maximum absolute atomic E-state index is 10.5. The van der Waals surface area contributed by atoms with Crippen molar-refractivity contribution in [3.8, 4) is 0 Å². The van der Waals surface area contributed by atoms with Crippen LogP contribution in [0.1, 0.15) is 65.2 Å². The monoisotopic (exact) mass is 308 g/mol. The van der Waals surface area contributed by atoms with Crippen LogP contribution in [-0.4, -0.2) is 33.6 Å². The van der Waals surface area contributed by atoms with Crippen molar-refractivity contribution < 1.29 is 15.3 Å². The summed E-state index contributed by atoms with van der Waals surface area (Å²) in [7, 11) is 0. The van der Waals surface area contributed by atoms with E-state index in [2.05, 4.69) is 13.8 Å². The van der Waals surface area contributed by atoms with Crippen LogP contribution in [0.2, 0.25) is 0 Å². The van der Waals surface area contributed by atoms with Crippen LogP contribution in [0.25, 0.3) is 0 Å². The van der Waals surface area contributed by atoms with Crippen LogP contribution >= 0.6 is 0 Å².